The molecule has 0 radical (unpaired) electrons. The summed E-state index contributed by atoms with van der Waals surface area (Å²) in [5.74, 6) is 0.941. The third kappa shape index (κ3) is 2.49. The summed E-state index contributed by atoms with van der Waals surface area (Å²) in [6.07, 6.45) is 1.57. The number of nitrogens with zero attached hydrogens (tertiary/aromatic N) is 3. The molecule has 0 N–H and O–H groups in total. The Hall–Kier alpha value is -1.19. The van der Waals surface area contributed by atoms with Gasteiger partial charge >= 0.3 is 0 Å². The summed E-state index contributed by atoms with van der Waals surface area (Å²) < 4.78 is 0. The maximum absolute atomic E-state index is 5.76. The van der Waals surface area contributed by atoms with E-state index in [0.29, 0.717) is 22.4 Å². The lowest BCUT2D eigenvalue weighted by Crippen LogP contribution is -1.97. The Labute approximate surface area is 103 Å². The first-order valence-corrected chi connectivity index (χ1v) is 5.63. The Morgan fingerprint density at radius 3 is 2.69 bits per heavy atom. The van der Waals surface area contributed by atoms with Gasteiger partial charge in [0.1, 0.15) is 5.69 Å². The van der Waals surface area contributed by atoms with Gasteiger partial charge in [0.05, 0.1) is 16.6 Å². The first-order chi connectivity index (χ1) is 7.69. The highest BCUT2D eigenvalue weighted by atomic mass is 35.5. The van der Waals surface area contributed by atoms with Crippen molar-refractivity contribution in [3.05, 3.63) is 40.8 Å². The van der Waals surface area contributed by atoms with Crippen LogP contribution in [0, 0.1) is 6.92 Å². The number of pyridine rings is 1. The summed E-state index contributed by atoms with van der Waals surface area (Å²) in [6.45, 7) is 1.90. The summed E-state index contributed by atoms with van der Waals surface area (Å²) in [6, 6.07) is 5.40. The van der Waals surface area contributed by atoms with Crippen molar-refractivity contribution in [3.63, 3.8) is 0 Å². The van der Waals surface area contributed by atoms with Gasteiger partial charge in [-0.15, -0.1) is 11.6 Å². The van der Waals surface area contributed by atoms with E-state index in [2.05, 4.69) is 15.0 Å². The molecule has 5 heteroatoms. The van der Waals surface area contributed by atoms with Crippen LogP contribution in [0.3, 0.4) is 0 Å². The molecule has 0 unspecified atom stereocenters. The highest BCUT2D eigenvalue weighted by molar-refractivity contribution is 6.30. The van der Waals surface area contributed by atoms with E-state index >= 15 is 0 Å². The lowest BCUT2D eigenvalue weighted by molar-refractivity contribution is 1.04. The molecule has 0 saturated heterocycles. The second-order valence-corrected chi connectivity index (χ2v) is 4.02. The zero-order valence-corrected chi connectivity index (χ0v) is 10.1. The van der Waals surface area contributed by atoms with Crippen molar-refractivity contribution in [2.24, 2.45) is 0 Å². The zero-order chi connectivity index (χ0) is 11.5. The molecule has 0 aromatic carbocycles. The number of alkyl halides is 1. The van der Waals surface area contributed by atoms with Gasteiger partial charge in [0, 0.05) is 11.9 Å². The van der Waals surface area contributed by atoms with Crippen LogP contribution in [0.4, 0.5) is 0 Å². The van der Waals surface area contributed by atoms with Crippen molar-refractivity contribution in [1.82, 2.24) is 15.0 Å². The number of hydrogen-bond acceptors (Lipinski definition) is 3. The number of hydrogen-bond donors (Lipinski definition) is 0. The van der Waals surface area contributed by atoms with Crippen LogP contribution in [0.2, 0.25) is 5.02 Å². The SMILES string of the molecule is Cc1cc(CCl)nc(-c2ccc(Cl)cn2)n1. The van der Waals surface area contributed by atoms with Crippen LogP contribution < -0.4 is 0 Å². The highest BCUT2D eigenvalue weighted by Crippen LogP contribution is 2.16. The van der Waals surface area contributed by atoms with Gasteiger partial charge in [0.25, 0.3) is 0 Å². The fourth-order valence-electron chi connectivity index (χ4n) is 1.32. The Balaban J connectivity index is 2.47. The maximum atomic E-state index is 5.76. The van der Waals surface area contributed by atoms with Crippen molar-refractivity contribution in [2.45, 2.75) is 12.8 Å². The maximum Gasteiger partial charge on any atom is 0.178 e. The van der Waals surface area contributed by atoms with Crippen LogP contribution in [0.5, 0.6) is 0 Å². The van der Waals surface area contributed by atoms with Crippen molar-refractivity contribution in [3.8, 4) is 11.5 Å². The van der Waals surface area contributed by atoms with Crippen molar-refractivity contribution in [1.29, 1.82) is 0 Å². The molecule has 0 aliphatic carbocycles. The predicted octanol–water partition coefficient (Wildman–Crippen LogP) is 3.24. The Morgan fingerprint density at radius 2 is 2.06 bits per heavy atom. The predicted molar refractivity (Wildman–Crippen MR) is 64.6 cm³/mol. The van der Waals surface area contributed by atoms with E-state index < -0.39 is 0 Å². The van der Waals surface area contributed by atoms with Crippen molar-refractivity contribution in [2.75, 3.05) is 0 Å². The molecule has 0 amide bonds. The molecule has 2 aromatic rings. The molecule has 0 aliphatic rings. The van der Waals surface area contributed by atoms with Gasteiger partial charge in [-0.05, 0) is 25.1 Å². The first kappa shape index (κ1) is 11.3. The summed E-state index contributed by atoms with van der Waals surface area (Å²) in [7, 11) is 0. The van der Waals surface area contributed by atoms with E-state index in [1.807, 2.05) is 13.0 Å². The fourth-order valence-corrected chi connectivity index (χ4v) is 1.57. The fraction of sp³-hybridized carbons (Fsp3) is 0.182. The van der Waals surface area contributed by atoms with Gasteiger partial charge in [-0.3, -0.25) is 4.98 Å². The average molecular weight is 254 g/mol. The third-order valence-electron chi connectivity index (χ3n) is 2.00. The quantitative estimate of drug-likeness (QED) is 0.772. The van der Waals surface area contributed by atoms with Gasteiger partial charge in [-0.2, -0.15) is 0 Å². The van der Waals surface area contributed by atoms with Gasteiger partial charge in [-0.1, -0.05) is 11.6 Å². The number of aromatic nitrogens is 3. The molecule has 0 fully saturated rings. The third-order valence-corrected chi connectivity index (χ3v) is 2.50. The molecular weight excluding hydrogens is 245 g/mol. The minimum atomic E-state index is 0.365. The van der Waals surface area contributed by atoms with Crippen molar-refractivity contribution >= 4 is 23.2 Å². The Bertz CT molecular complexity index is 497. The van der Waals surface area contributed by atoms with Crippen LogP contribution >= 0.6 is 23.2 Å². The molecule has 3 nitrogen and oxygen atoms in total. The smallest absolute Gasteiger partial charge is 0.178 e. The van der Waals surface area contributed by atoms with E-state index in [-0.39, 0.29) is 0 Å². The van der Waals surface area contributed by atoms with E-state index in [0.717, 1.165) is 11.4 Å². The molecule has 0 bridgehead atoms. The molecule has 0 atom stereocenters. The Morgan fingerprint density at radius 1 is 1.25 bits per heavy atom. The van der Waals surface area contributed by atoms with E-state index in [9.17, 15) is 0 Å². The van der Waals surface area contributed by atoms with Crippen LogP contribution in [0.25, 0.3) is 11.5 Å². The van der Waals surface area contributed by atoms with E-state index in [1.54, 1.807) is 18.3 Å². The first-order valence-electron chi connectivity index (χ1n) is 4.71. The van der Waals surface area contributed by atoms with E-state index in [4.69, 9.17) is 23.2 Å². The summed E-state index contributed by atoms with van der Waals surface area (Å²) >= 11 is 11.5. The number of rotatable bonds is 2. The zero-order valence-electron chi connectivity index (χ0n) is 8.61. The standard InChI is InChI=1S/C11H9Cl2N3/c1-7-4-9(5-12)16-11(15-7)10-3-2-8(13)6-14-10/h2-4,6H,5H2,1H3. The summed E-state index contributed by atoms with van der Waals surface area (Å²) in [4.78, 5) is 12.8. The molecule has 2 heterocycles. The van der Waals surface area contributed by atoms with Crippen LogP contribution in [-0.4, -0.2) is 15.0 Å². The lowest BCUT2D eigenvalue weighted by atomic mass is 10.3. The van der Waals surface area contributed by atoms with Gasteiger partial charge in [0.15, 0.2) is 5.82 Å². The van der Waals surface area contributed by atoms with Crippen LogP contribution in [-0.2, 0) is 5.88 Å². The van der Waals surface area contributed by atoms with Gasteiger partial charge < -0.3 is 0 Å². The van der Waals surface area contributed by atoms with E-state index in [1.165, 1.54) is 0 Å². The molecule has 0 aliphatic heterocycles. The summed E-state index contributed by atoms with van der Waals surface area (Å²) in [5, 5.41) is 0.592. The molecular formula is C11H9Cl2N3. The van der Waals surface area contributed by atoms with Gasteiger partial charge in [-0.25, -0.2) is 9.97 Å². The van der Waals surface area contributed by atoms with Crippen molar-refractivity contribution < 1.29 is 0 Å². The van der Waals surface area contributed by atoms with Gasteiger partial charge in [0.2, 0.25) is 0 Å². The average Bonchev–Trinajstić information content (AvgIpc) is 2.29. The normalized spacial score (nSPS) is 10.4. The minimum Gasteiger partial charge on any atom is -0.251 e. The highest BCUT2D eigenvalue weighted by Gasteiger charge is 2.05. The largest absolute Gasteiger partial charge is 0.251 e. The monoisotopic (exact) mass is 253 g/mol. The summed E-state index contributed by atoms with van der Waals surface area (Å²) in [5.41, 5.74) is 2.36. The molecule has 2 aromatic heterocycles. The molecule has 0 spiro atoms. The molecule has 82 valence electrons. The number of aryl methyl sites for hydroxylation is 1. The molecule has 0 saturated carbocycles. The number of halogens is 2. The Kier molecular flexibility index (Phi) is 3.36. The van der Waals surface area contributed by atoms with Crippen LogP contribution in [0.1, 0.15) is 11.4 Å². The molecule has 2 rings (SSSR count). The second-order valence-electron chi connectivity index (χ2n) is 3.32. The minimum absolute atomic E-state index is 0.365. The lowest BCUT2D eigenvalue weighted by Gasteiger charge is -2.03. The second kappa shape index (κ2) is 4.76. The molecule has 16 heavy (non-hydrogen) atoms. The topological polar surface area (TPSA) is 38.7 Å². The van der Waals surface area contributed by atoms with Crippen LogP contribution in [0.15, 0.2) is 24.4 Å².